The van der Waals surface area contributed by atoms with E-state index in [4.69, 9.17) is 0 Å². The Hall–Kier alpha value is -1.56. The molecule has 3 unspecified atom stereocenters. The van der Waals surface area contributed by atoms with Gasteiger partial charge in [0, 0.05) is 5.92 Å². The first-order valence-electron chi connectivity index (χ1n) is 6.09. The molecule has 0 aliphatic heterocycles. The second-order valence-electron chi connectivity index (χ2n) is 5.02. The maximum Gasteiger partial charge on any atom is 0.0243 e. The lowest BCUT2D eigenvalue weighted by Gasteiger charge is -2.17. The average molecular weight is 206 g/mol. The van der Waals surface area contributed by atoms with Crippen LogP contribution in [0.1, 0.15) is 23.5 Å². The molecule has 0 spiro atoms. The smallest absolute Gasteiger partial charge is 0.0243 e. The van der Waals surface area contributed by atoms with Gasteiger partial charge in [-0.15, -0.1) is 0 Å². The molecule has 2 bridgehead atoms. The Morgan fingerprint density at radius 3 is 2.75 bits per heavy atom. The second kappa shape index (κ2) is 2.98. The summed E-state index contributed by atoms with van der Waals surface area (Å²) in [6, 6.07) is 8.77. The predicted octanol–water partition coefficient (Wildman–Crippen LogP) is 3.93. The van der Waals surface area contributed by atoms with E-state index in [2.05, 4.69) is 54.6 Å². The topological polar surface area (TPSA) is 0 Å². The zero-order valence-corrected chi connectivity index (χ0v) is 9.14. The molecule has 0 saturated carbocycles. The van der Waals surface area contributed by atoms with Gasteiger partial charge in [-0.1, -0.05) is 60.2 Å². The summed E-state index contributed by atoms with van der Waals surface area (Å²) in [4.78, 5) is 0. The van der Waals surface area contributed by atoms with E-state index in [1.807, 2.05) is 0 Å². The Morgan fingerprint density at radius 2 is 1.94 bits per heavy atom. The Bertz CT molecular complexity index is 531. The Labute approximate surface area is 96.0 Å². The molecule has 3 aliphatic rings. The highest BCUT2D eigenvalue weighted by molar-refractivity contribution is 5.65. The minimum Gasteiger partial charge on any atom is -0.0810 e. The van der Waals surface area contributed by atoms with E-state index >= 15 is 0 Å². The van der Waals surface area contributed by atoms with Crippen LogP contribution in [0.3, 0.4) is 0 Å². The molecular formula is C16H14. The summed E-state index contributed by atoms with van der Waals surface area (Å²) < 4.78 is 0. The summed E-state index contributed by atoms with van der Waals surface area (Å²) in [5.41, 5.74) is 4.53. The van der Waals surface area contributed by atoms with Gasteiger partial charge in [-0.2, -0.15) is 0 Å². The maximum absolute atomic E-state index is 2.49. The van der Waals surface area contributed by atoms with E-state index in [1.54, 1.807) is 5.57 Å². The van der Waals surface area contributed by atoms with Gasteiger partial charge in [0.15, 0.2) is 0 Å². The molecule has 4 rings (SSSR count). The van der Waals surface area contributed by atoms with Crippen LogP contribution in [0.4, 0.5) is 0 Å². The molecule has 0 nitrogen and oxygen atoms in total. The van der Waals surface area contributed by atoms with Crippen molar-refractivity contribution >= 4 is 6.08 Å². The fourth-order valence-electron chi connectivity index (χ4n) is 3.34. The lowest BCUT2D eigenvalue weighted by molar-refractivity contribution is 0.693. The van der Waals surface area contributed by atoms with Gasteiger partial charge in [0.2, 0.25) is 0 Å². The standard InChI is InChI=1S/C16H14/c1-2-4-14-12(3-1)7-8-15(14)16-10-11-5-6-13(16)9-11/h1-8,10-11,13,15H,9H2. The molecule has 3 atom stereocenters. The summed E-state index contributed by atoms with van der Waals surface area (Å²) in [5.74, 6) is 1.99. The Balaban J connectivity index is 1.77. The van der Waals surface area contributed by atoms with Crippen LogP contribution in [-0.2, 0) is 0 Å². The van der Waals surface area contributed by atoms with Crippen molar-refractivity contribution in [1.82, 2.24) is 0 Å². The average Bonchev–Trinajstić information content (AvgIpc) is 3.03. The molecule has 16 heavy (non-hydrogen) atoms. The summed E-state index contributed by atoms with van der Waals surface area (Å²) in [7, 11) is 0. The van der Waals surface area contributed by atoms with E-state index in [0.29, 0.717) is 11.8 Å². The zero-order valence-electron chi connectivity index (χ0n) is 9.14. The predicted molar refractivity (Wildman–Crippen MR) is 67.0 cm³/mol. The third-order valence-electron chi connectivity index (χ3n) is 4.11. The van der Waals surface area contributed by atoms with Crippen LogP contribution in [0.5, 0.6) is 0 Å². The van der Waals surface area contributed by atoms with Gasteiger partial charge in [-0.3, -0.25) is 0 Å². The first-order valence-corrected chi connectivity index (χ1v) is 6.09. The fraction of sp³-hybridized carbons (Fsp3) is 0.250. The molecule has 0 fully saturated rings. The third kappa shape index (κ3) is 1.05. The van der Waals surface area contributed by atoms with Crippen molar-refractivity contribution < 1.29 is 0 Å². The summed E-state index contributed by atoms with van der Waals surface area (Å²) in [5, 5.41) is 0. The molecule has 78 valence electrons. The van der Waals surface area contributed by atoms with Crippen molar-refractivity contribution in [3.8, 4) is 0 Å². The zero-order chi connectivity index (χ0) is 10.5. The molecule has 0 radical (unpaired) electrons. The quantitative estimate of drug-likeness (QED) is 0.611. The largest absolute Gasteiger partial charge is 0.0810 e. The normalized spacial score (nSPS) is 33.2. The van der Waals surface area contributed by atoms with Crippen LogP contribution in [0.2, 0.25) is 0 Å². The summed E-state index contributed by atoms with van der Waals surface area (Å²) in [6.07, 6.45) is 13.2. The lowest BCUT2D eigenvalue weighted by atomic mass is 9.86. The van der Waals surface area contributed by atoms with Crippen LogP contribution < -0.4 is 0 Å². The van der Waals surface area contributed by atoms with Gasteiger partial charge >= 0.3 is 0 Å². The Morgan fingerprint density at radius 1 is 1.00 bits per heavy atom. The fourth-order valence-corrected chi connectivity index (χ4v) is 3.34. The minimum atomic E-state index is 0.552. The summed E-state index contributed by atoms with van der Waals surface area (Å²) in [6.45, 7) is 0. The molecule has 0 heteroatoms. The Kier molecular flexibility index (Phi) is 1.59. The molecule has 1 aromatic rings. The van der Waals surface area contributed by atoms with Crippen LogP contribution in [-0.4, -0.2) is 0 Å². The van der Waals surface area contributed by atoms with E-state index in [-0.39, 0.29) is 0 Å². The number of allylic oxidation sites excluding steroid dienone is 5. The highest BCUT2D eigenvalue weighted by Gasteiger charge is 2.33. The van der Waals surface area contributed by atoms with Crippen molar-refractivity contribution in [3.63, 3.8) is 0 Å². The summed E-state index contributed by atoms with van der Waals surface area (Å²) >= 11 is 0. The molecule has 1 aromatic carbocycles. The van der Waals surface area contributed by atoms with E-state index in [1.165, 1.54) is 17.5 Å². The van der Waals surface area contributed by atoms with Gasteiger partial charge < -0.3 is 0 Å². The van der Waals surface area contributed by atoms with E-state index in [9.17, 15) is 0 Å². The van der Waals surface area contributed by atoms with Gasteiger partial charge in [0.25, 0.3) is 0 Å². The minimum absolute atomic E-state index is 0.552. The van der Waals surface area contributed by atoms with Crippen LogP contribution >= 0.6 is 0 Å². The highest BCUT2D eigenvalue weighted by Crippen LogP contribution is 2.47. The van der Waals surface area contributed by atoms with Crippen molar-refractivity contribution in [2.45, 2.75) is 12.3 Å². The van der Waals surface area contributed by atoms with Crippen molar-refractivity contribution in [3.05, 3.63) is 65.3 Å². The maximum atomic E-state index is 2.49. The number of hydrogen-bond donors (Lipinski definition) is 0. The first kappa shape index (κ1) is 8.58. The SMILES string of the molecule is C1=CC(C2=CC3C=CC2C3)c2ccccc21. The molecule has 0 N–H and O–H groups in total. The van der Waals surface area contributed by atoms with Crippen molar-refractivity contribution in [2.24, 2.45) is 11.8 Å². The van der Waals surface area contributed by atoms with Gasteiger partial charge in [-0.05, 0) is 29.4 Å². The second-order valence-corrected chi connectivity index (χ2v) is 5.02. The van der Waals surface area contributed by atoms with Gasteiger partial charge in [-0.25, -0.2) is 0 Å². The first-order chi connectivity index (χ1) is 7.92. The number of rotatable bonds is 1. The van der Waals surface area contributed by atoms with Crippen LogP contribution in [0, 0.1) is 11.8 Å². The number of benzene rings is 1. The molecular weight excluding hydrogens is 192 g/mol. The van der Waals surface area contributed by atoms with Crippen molar-refractivity contribution in [2.75, 3.05) is 0 Å². The van der Waals surface area contributed by atoms with Gasteiger partial charge in [0.05, 0.1) is 0 Å². The molecule has 3 aliphatic carbocycles. The molecule has 0 aromatic heterocycles. The number of hydrogen-bond acceptors (Lipinski definition) is 0. The lowest BCUT2D eigenvalue weighted by Crippen LogP contribution is -2.03. The van der Waals surface area contributed by atoms with Crippen LogP contribution in [0.15, 0.2) is 54.1 Å². The number of fused-ring (bicyclic) bond motifs is 3. The highest BCUT2D eigenvalue weighted by atomic mass is 14.4. The molecule has 0 amide bonds. The van der Waals surface area contributed by atoms with Crippen molar-refractivity contribution in [1.29, 1.82) is 0 Å². The molecule has 0 saturated heterocycles. The monoisotopic (exact) mass is 206 g/mol. The molecule has 0 heterocycles. The van der Waals surface area contributed by atoms with E-state index in [0.717, 1.165) is 5.92 Å². The van der Waals surface area contributed by atoms with E-state index < -0.39 is 0 Å². The van der Waals surface area contributed by atoms with Crippen LogP contribution in [0.25, 0.3) is 6.08 Å². The van der Waals surface area contributed by atoms with Gasteiger partial charge in [0.1, 0.15) is 0 Å². The third-order valence-corrected chi connectivity index (χ3v) is 4.11.